The number of aliphatic hydroxyl groups excluding tert-OH is 1. The van der Waals surface area contributed by atoms with E-state index in [4.69, 9.17) is 18.9 Å². The van der Waals surface area contributed by atoms with Crippen LogP contribution in [0.25, 0.3) is 5.76 Å². The zero-order valence-electron chi connectivity index (χ0n) is 17.6. The predicted molar refractivity (Wildman–Crippen MR) is 112 cm³/mol. The summed E-state index contributed by atoms with van der Waals surface area (Å²) in [5.41, 5.74) is 3.01. The second-order valence-electron chi connectivity index (χ2n) is 6.99. The molecule has 0 aromatic heterocycles. The van der Waals surface area contributed by atoms with E-state index in [-0.39, 0.29) is 19.0 Å². The summed E-state index contributed by atoms with van der Waals surface area (Å²) in [6.07, 6.45) is 6.19. The number of esters is 1. The zero-order chi connectivity index (χ0) is 21.2. The normalized spacial score (nSPS) is 13.3. The second kappa shape index (κ2) is 11.2. The molecule has 1 aromatic carbocycles. The molecule has 0 unspecified atom stereocenters. The Balaban J connectivity index is 1.98. The Morgan fingerprint density at radius 3 is 2.72 bits per heavy atom. The van der Waals surface area contributed by atoms with Crippen LogP contribution >= 0.6 is 0 Å². The molecule has 0 spiro atoms. The van der Waals surface area contributed by atoms with E-state index in [2.05, 4.69) is 26.8 Å². The number of hydrogen-bond donors (Lipinski definition) is 1. The summed E-state index contributed by atoms with van der Waals surface area (Å²) < 4.78 is 21.6. The Morgan fingerprint density at radius 1 is 1.21 bits per heavy atom. The van der Waals surface area contributed by atoms with Crippen molar-refractivity contribution in [1.82, 2.24) is 0 Å². The minimum Gasteiger partial charge on any atom is -0.504 e. The van der Waals surface area contributed by atoms with Crippen LogP contribution < -0.4 is 9.47 Å². The molecule has 0 radical (unpaired) electrons. The van der Waals surface area contributed by atoms with Crippen molar-refractivity contribution >= 4 is 11.7 Å². The molecule has 1 aliphatic heterocycles. The molecule has 29 heavy (non-hydrogen) atoms. The number of carbonyl (C=O) groups is 1. The van der Waals surface area contributed by atoms with Gasteiger partial charge in [-0.25, -0.2) is 4.79 Å². The van der Waals surface area contributed by atoms with Crippen molar-refractivity contribution in [2.24, 2.45) is 0 Å². The molecule has 0 amide bonds. The van der Waals surface area contributed by atoms with Gasteiger partial charge < -0.3 is 24.1 Å². The highest BCUT2D eigenvalue weighted by molar-refractivity contribution is 5.72. The standard InChI is InChI=1S/C23H30O6/c1-5-26-22(24)15-28-18-9-10-20-19(13-18)23(25)21(14-29-20)27-12-11-17(4)8-6-7-16(2)3/h7,9-11,13,25H,5-6,8,12,14-15H2,1-4H3/b17-11+. The third-order valence-corrected chi connectivity index (χ3v) is 4.27. The van der Waals surface area contributed by atoms with E-state index in [9.17, 15) is 9.90 Å². The van der Waals surface area contributed by atoms with Gasteiger partial charge in [-0.3, -0.25) is 0 Å². The Kier molecular flexibility index (Phi) is 8.65. The minimum atomic E-state index is -0.447. The van der Waals surface area contributed by atoms with Gasteiger partial charge in [-0.15, -0.1) is 0 Å². The van der Waals surface area contributed by atoms with E-state index >= 15 is 0 Å². The largest absolute Gasteiger partial charge is 0.504 e. The molecular weight excluding hydrogens is 372 g/mol. The summed E-state index contributed by atoms with van der Waals surface area (Å²) in [5, 5.41) is 10.6. The van der Waals surface area contributed by atoms with Crippen LogP contribution in [0.2, 0.25) is 0 Å². The Hall–Kier alpha value is -2.89. The molecule has 6 nitrogen and oxygen atoms in total. The quantitative estimate of drug-likeness (QED) is 0.441. The molecule has 0 fully saturated rings. The van der Waals surface area contributed by atoms with Crippen molar-refractivity contribution < 1.29 is 28.8 Å². The van der Waals surface area contributed by atoms with E-state index < -0.39 is 5.97 Å². The lowest BCUT2D eigenvalue weighted by Gasteiger charge is -2.21. The van der Waals surface area contributed by atoms with Crippen molar-refractivity contribution in [1.29, 1.82) is 0 Å². The van der Waals surface area contributed by atoms with Crippen LogP contribution in [0.3, 0.4) is 0 Å². The van der Waals surface area contributed by atoms with Gasteiger partial charge in [0.15, 0.2) is 18.1 Å². The van der Waals surface area contributed by atoms with Gasteiger partial charge in [-0.2, -0.15) is 0 Å². The van der Waals surface area contributed by atoms with Gasteiger partial charge in [-0.05, 0) is 64.8 Å². The average Bonchev–Trinajstić information content (AvgIpc) is 2.68. The van der Waals surface area contributed by atoms with Crippen molar-refractivity contribution in [3.05, 3.63) is 52.8 Å². The summed E-state index contributed by atoms with van der Waals surface area (Å²) in [5.74, 6) is 0.906. The Morgan fingerprint density at radius 2 is 2.00 bits per heavy atom. The summed E-state index contributed by atoms with van der Waals surface area (Å²) in [6.45, 7) is 8.60. The van der Waals surface area contributed by atoms with Crippen molar-refractivity contribution in [2.45, 2.75) is 40.5 Å². The van der Waals surface area contributed by atoms with E-state index in [0.717, 1.165) is 12.8 Å². The fraction of sp³-hybridized carbons (Fsp3) is 0.435. The van der Waals surface area contributed by atoms with Gasteiger partial charge >= 0.3 is 5.97 Å². The van der Waals surface area contributed by atoms with Crippen LogP contribution in [-0.2, 0) is 14.3 Å². The summed E-state index contributed by atoms with van der Waals surface area (Å²) in [7, 11) is 0. The first-order valence-corrected chi connectivity index (χ1v) is 9.80. The van der Waals surface area contributed by atoms with Crippen molar-refractivity contribution in [3.8, 4) is 11.5 Å². The van der Waals surface area contributed by atoms with E-state index in [0.29, 0.717) is 36.0 Å². The lowest BCUT2D eigenvalue weighted by atomic mass is 10.1. The summed E-state index contributed by atoms with van der Waals surface area (Å²) in [6, 6.07) is 4.98. The van der Waals surface area contributed by atoms with Crippen LogP contribution in [0.5, 0.6) is 11.5 Å². The molecule has 0 saturated heterocycles. The topological polar surface area (TPSA) is 74.2 Å². The molecule has 158 valence electrons. The van der Waals surface area contributed by atoms with Crippen LogP contribution in [0.1, 0.15) is 46.1 Å². The molecule has 0 saturated carbocycles. The molecule has 1 heterocycles. The number of fused-ring (bicyclic) bond motifs is 1. The van der Waals surface area contributed by atoms with Crippen LogP contribution in [0, 0.1) is 0 Å². The molecule has 2 rings (SSSR count). The zero-order valence-corrected chi connectivity index (χ0v) is 17.6. The van der Waals surface area contributed by atoms with Crippen molar-refractivity contribution in [2.75, 3.05) is 26.4 Å². The van der Waals surface area contributed by atoms with Gasteiger partial charge in [0, 0.05) is 0 Å². The lowest BCUT2D eigenvalue weighted by molar-refractivity contribution is -0.145. The number of ether oxygens (including phenoxy) is 4. The molecule has 1 aliphatic rings. The monoisotopic (exact) mass is 402 g/mol. The Bertz CT molecular complexity index is 800. The second-order valence-corrected chi connectivity index (χ2v) is 6.99. The number of benzene rings is 1. The maximum Gasteiger partial charge on any atom is 0.344 e. The van der Waals surface area contributed by atoms with Crippen molar-refractivity contribution in [3.63, 3.8) is 0 Å². The maximum atomic E-state index is 11.4. The van der Waals surface area contributed by atoms with Gasteiger partial charge in [-0.1, -0.05) is 17.2 Å². The highest BCUT2D eigenvalue weighted by atomic mass is 16.6. The fourth-order valence-electron chi connectivity index (χ4n) is 2.70. The molecule has 0 aliphatic carbocycles. The highest BCUT2D eigenvalue weighted by Crippen LogP contribution is 2.34. The van der Waals surface area contributed by atoms with Gasteiger partial charge in [0.1, 0.15) is 24.7 Å². The number of hydrogen-bond acceptors (Lipinski definition) is 6. The number of carbonyl (C=O) groups excluding carboxylic acids is 1. The third-order valence-electron chi connectivity index (χ3n) is 4.27. The maximum absolute atomic E-state index is 11.4. The van der Waals surface area contributed by atoms with E-state index in [1.807, 2.05) is 6.08 Å². The minimum absolute atomic E-state index is 0.0171. The molecule has 0 atom stereocenters. The first-order valence-electron chi connectivity index (χ1n) is 9.80. The van der Waals surface area contributed by atoms with Gasteiger partial charge in [0.05, 0.1) is 12.2 Å². The highest BCUT2D eigenvalue weighted by Gasteiger charge is 2.22. The molecular formula is C23H30O6. The van der Waals surface area contributed by atoms with Crippen LogP contribution in [0.4, 0.5) is 0 Å². The first kappa shape index (κ1) is 22.4. The number of allylic oxidation sites excluding steroid dienone is 3. The fourth-order valence-corrected chi connectivity index (χ4v) is 2.70. The number of aliphatic hydroxyl groups is 1. The smallest absolute Gasteiger partial charge is 0.344 e. The Labute approximate surface area is 172 Å². The van der Waals surface area contributed by atoms with E-state index in [1.165, 1.54) is 11.1 Å². The summed E-state index contributed by atoms with van der Waals surface area (Å²) >= 11 is 0. The molecule has 6 heteroatoms. The lowest BCUT2D eigenvalue weighted by Crippen LogP contribution is -2.16. The predicted octanol–water partition coefficient (Wildman–Crippen LogP) is 4.96. The van der Waals surface area contributed by atoms with E-state index in [1.54, 1.807) is 25.1 Å². The van der Waals surface area contributed by atoms with Crippen LogP contribution in [-0.4, -0.2) is 37.5 Å². The third kappa shape index (κ3) is 7.22. The summed E-state index contributed by atoms with van der Waals surface area (Å²) in [4.78, 5) is 11.4. The number of rotatable bonds is 10. The van der Waals surface area contributed by atoms with Gasteiger partial charge in [0.2, 0.25) is 0 Å². The SMILES string of the molecule is CCOC(=O)COc1ccc2c(c1)C(O)=C(OC/C=C(\C)CCC=C(C)C)CO2. The first-order chi connectivity index (χ1) is 13.9. The van der Waals surface area contributed by atoms with Crippen LogP contribution in [0.15, 0.2) is 47.3 Å². The molecule has 1 aromatic rings. The molecule has 1 N–H and O–H groups in total. The molecule has 0 bridgehead atoms. The average molecular weight is 402 g/mol. The van der Waals surface area contributed by atoms with Gasteiger partial charge in [0.25, 0.3) is 0 Å².